The predicted molar refractivity (Wildman–Crippen MR) is 79.3 cm³/mol. The smallest absolute Gasteiger partial charge is 0.0496 e. The van der Waals surface area contributed by atoms with Crippen LogP contribution in [0.1, 0.15) is 31.0 Å². The molecule has 2 aromatic carbocycles. The predicted octanol–water partition coefficient (Wildman–Crippen LogP) is 4.99. The van der Waals surface area contributed by atoms with Crippen LogP contribution in [0.15, 0.2) is 36.4 Å². The summed E-state index contributed by atoms with van der Waals surface area (Å²) in [5.41, 5.74) is 5.35. The first-order valence-corrected chi connectivity index (χ1v) is 6.59. The molecule has 0 bridgehead atoms. The quantitative estimate of drug-likeness (QED) is 0.561. The number of hydrogen-bond acceptors (Lipinski definition) is 0. The van der Waals surface area contributed by atoms with Crippen LogP contribution in [0.4, 0.5) is 0 Å². The highest BCUT2D eigenvalue weighted by Gasteiger charge is 2.12. The molecule has 0 radical (unpaired) electrons. The van der Waals surface area contributed by atoms with Gasteiger partial charge in [0.25, 0.3) is 0 Å². The molecule has 0 aliphatic rings. The van der Waals surface area contributed by atoms with Gasteiger partial charge in [0.1, 0.15) is 0 Å². The molecule has 0 aliphatic heterocycles. The molecule has 0 fully saturated rings. The molecule has 18 heavy (non-hydrogen) atoms. The van der Waals surface area contributed by atoms with Crippen LogP contribution in [-0.2, 0) is 0 Å². The molecule has 1 heterocycles. The average Bonchev–Trinajstić information content (AvgIpc) is 2.60. The Morgan fingerprint density at radius 2 is 1.22 bits per heavy atom. The minimum Gasteiger partial charge on any atom is -0.338 e. The average molecular weight is 237 g/mol. The van der Waals surface area contributed by atoms with Crippen LogP contribution in [0.2, 0.25) is 0 Å². The first-order valence-electron chi connectivity index (χ1n) is 6.59. The van der Waals surface area contributed by atoms with Gasteiger partial charge in [0.15, 0.2) is 0 Å². The van der Waals surface area contributed by atoms with E-state index in [2.05, 4.69) is 68.7 Å². The zero-order chi connectivity index (χ0) is 12.9. The standard InChI is InChI=1S/C17H19N/c1-11(2)18-16-9-12(3)5-7-14(16)15-8-6-13(4)10-17(15)18/h5-11H,1-4H3. The SMILES string of the molecule is Cc1ccc2c3ccc(C)cc3n(C(C)C)c2c1. The van der Waals surface area contributed by atoms with E-state index < -0.39 is 0 Å². The van der Waals surface area contributed by atoms with Gasteiger partial charge >= 0.3 is 0 Å². The fraction of sp³-hybridized carbons (Fsp3) is 0.294. The van der Waals surface area contributed by atoms with Gasteiger partial charge in [-0.25, -0.2) is 0 Å². The Hall–Kier alpha value is -1.76. The lowest BCUT2D eigenvalue weighted by atomic mass is 10.1. The molecule has 0 saturated heterocycles. The summed E-state index contributed by atoms with van der Waals surface area (Å²) in [4.78, 5) is 0. The lowest BCUT2D eigenvalue weighted by Crippen LogP contribution is -2.00. The third kappa shape index (κ3) is 1.54. The molecule has 0 atom stereocenters. The second kappa shape index (κ2) is 3.88. The molecule has 3 rings (SSSR count). The number of fused-ring (bicyclic) bond motifs is 3. The van der Waals surface area contributed by atoms with E-state index in [0.29, 0.717) is 6.04 Å². The number of benzene rings is 2. The molecule has 1 nitrogen and oxygen atoms in total. The Balaban J connectivity index is 2.56. The van der Waals surface area contributed by atoms with Crippen molar-refractivity contribution in [1.82, 2.24) is 4.57 Å². The van der Waals surface area contributed by atoms with E-state index in [1.165, 1.54) is 32.9 Å². The molecule has 0 aliphatic carbocycles. The molecular formula is C17H19N. The highest BCUT2D eigenvalue weighted by atomic mass is 15.0. The van der Waals surface area contributed by atoms with E-state index in [4.69, 9.17) is 0 Å². The van der Waals surface area contributed by atoms with Crippen molar-refractivity contribution in [3.8, 4) is 0 Å². The Morgan fingerprint density at radius 1 is 0.778 bits per heavy atom. The maximum Gasteiger partial charge on any atom is 0.0496 e. The lowest BCUT2D eigenvalue weighted by Gasteiger charge is -2.12. The van der Waals surface area contributed by atoms with Gasteiger partial charge in [-0.1, -0.05) is 24.3 Å². The molecule has 0 saturated carbocycles. The van der Waals surface area contributed by atoms with Crippen LogP contribution in [0, 0.1) is 13.8 Å². The van der Waals surface area contributed by atoms with Gasteiger partial charge in [0.05, 0.1) is 0 Å². The Morgan fingerprint density at radius 3 is 1.61 bits per heavy atom. The van der Waals surface area contributed by atoms with E-state index in [9.17, 15) is 0 Å². The molecular weight excluding hydrogens is 218 g/mol. The highest BCUT2D eigenvalue weighted by Crippen LogP contribution is 2.32. The summed E-state index contributed by atoms with van der Waals surface area (Å²) in [7, 11) is 0. The Kier molecular flexibility index (Phi) is 2.44. The third-order valence-electron chi connectivity index (χ3n) is 3.63. The maximum atomic E-state index is 2.45. The van der Waals surface area contributed by atoms with E-state index in [1.54, 1.807) is 0 Å². The second-order valence-electron chi connectivity index (χ2n) is 5.50. The Labute approximate surface area is 108 Å². The number of hydrogen-bond donors (Lipinski definition) is 0. The topological polar surface area (TPSA) is 4.93 Å². The summed E-state index contributed by atoms with van der Waals surface area (Å²) in [6.45, 7) is 8.83. The van der Waals surface area contributed by atoms with Crippen molar-refractivity contribution in [2.45, 2.75) is 33.7 Å². The van der Waals surface area contributed by atoms with Crippen LogP contribution in [0.3, 0.4) is 0 Å². The zero-order valence-electron chi connectivity index (χ0n) is 11.5. The van der Waals surface area contributed by atoms with E-state index in [1.807, 2.05) is 0 Å². The zero-order valence-corrected chi connectivity index (χ0v) is 11.5. The largest absolute Gasteiger partial charge is 0.338 e. The minimum absolute atomic E-state index is 0.480. The number of rotatable bonds is 1. The molecule has 0 N–H and O–H groups in total. The van der Waals surface area contributed by atoms with Crippen molar-refractivity contribution in [2.24, 2.45) is 0 Å². The Bertz CT molecular complexity index is 673. The lowest BCUT2D eigenvalue weighted by molar-refractivity contribution is 0.642. The van der Waals surface area contributed by atoms with Gasteiger partial charge in [-0.15, -0.1) is 0 Å². The summed E-state index contributed by atoms with van der Waals surface area (Å²) >= 11 is 0. The van der Waals surface area contributed by atoms with Crippen LogP contribution in [0.5, 0.6) is 0 Å². The van der Waals surface area contributed by atoms with Gasteiger partial charge in [-0.05, 0) is 51.0 Å². The molecule has 92 valence electrons. The van der Waals surface area contributed by atoms with E-state index in [0.717, 1.165) is 0 Å². The van der Waals surface area contributed by atoms with Crippen LogP contribution in [-0.4, -0.2) is 4.57 Å². The highest BCUT2D eigenvalue weighted by molar-refractivity contribution is 6.08. The van der Waals surface area contributed by atoms with Crippen molar-refractivity contribution in [2.75, 3.05) is 0 Å². The first-order chi connectivity index (χ1) is 8.58. The molecule has 1 heteroatoms. The molecule has 3 aromatic rings. The monoisotopic (exact) mass is 237 g/mol. The third-order valence-corrected chi connectivity index (χ3v) is 3.63. The van der Waals surface area contributed by atoms with Gasteiger partial charge in [-0.3, -0.25) is 0 Å². The van der Waals surface area contributed by atoms with Gasteiger partial charge in [-0.2, -0.15) is 0 Å². The van der Waals surface area contributed by atoms with Crippen molar-refractivity contribution in [3.05, 3.63) is 47.5 Å². The summed E-state index contributed by atoms with van der Waals surface area (Å²) < 4.78 is 2.45. The van der Waals surface area contributed by atoms with Crippen LogP contribution >= 0.6 is 0 Å². The number of aromatic nitrogens is 1. The summed E-state index contributed by atoms with van der Waals surface area (Å²) in [5.74, 6) is 0. The van der Waals surface area contributed by atoms with Gasteiger partial charge in [0, 0.05) is 27.8 Å². The van der Waals surface area contributed by atoms with Gasteiger partial charge in [0.2, 0.25) is 0 Å². The van der Waals surface area contributed by atoms with Crippen molar-refractivity contribution in [3.63, 3.8) is 0 Å². The second-order valence-corrected chi connectivity index (χ2v) is 5.50. The molecule has 0 spiro atoms. The molecule has 0 amide bonds. The van der Waals surface area contributed by atoms with Crippen LogP contribution in [0.25, 0.3) is 21.8 Å². The van der Waals surface area contributed by atoms with Gasteiger partial charge < -0.3 is 4.57 Å². The molecule has 0 unspecified atom stereocenters. The van der Waals surface area contributed by atoms with Crippen molar-refractivity contribution in [1.29, 1.82) is 0 Å². The van der Waals surface area contributed by atoms with E-state index >= 15 is 0 Å². The first kappa shape index (κ1) is 11.3. The number of aryl methyl sites for hydroxylation is 2. The molecule has 1 aromatic heterocycles. The van der Waals surface area contributed by atoms with E-state index in [-0.39, 0.29) is 0 Å². The summed E-state index contributed by atoms with van der Waals surface area (Å²) in [6, 6.07) is 14.0. The fourth-order valence-electron chi connectivity index (χ4n) is 2.82. The maximum absolute atomic E-state index is 2.45. The number of nitrogens with zero attached hydrogens (tertiary/aromatic N) is 1. The normalized spacial score (nSPS) is 11.8. The summed E-state index contributed by atoms with van der Waals surface area (Å²) in [6.07, 6.45) is 0. The summed E-state index contributed by atoms with van der Waals surface area (Å²) in [5, 5.41) is 2.73. The van der Waals surface area contributed by atoms with Crippen molar-refractivity contribution < 1.29 is 0 Å². The van der Waals surface area contributed by atoms with Crippen LogP contribution < -0.4 is 0 Å². The van der Waals surface area contributed by atoms with Crippen molar-refractivity contribution >= 4 is 21.8 Å². The minimum atomic E-state index is 0.480. The fourth-order valence-corrected chi connectivity index (χ4v) is 2.82.